The predicted octanol–water partition coefficient (Wildman–Crippen LogP) is 2.31. The first-order valence-electron chi connectivity index (χ1n) is 7.32. The van der Waals surface area contributed by atoms with Crippen LogP contribution < -0.4 is 10.1 Å². The minimum Gasteiger partial charge on any atom is -0.503 e. The number of hydrogen-bond donors (Lipinski definition) is 2. The Balaban J connectivity index is 2.11. The minimum absolute atomic E-state index is 0.0729. The third kappa shape index (κ3) is 2.11. The van der Waals surface area contributed by atoms with Crippen molar-refractivity contribution in [2.75, 3.05) is 19.5 Å². The molecule has 0 saturated heterocycles. The molecule has 1 aromatic carbocycles. The Kier molecular flexibility index (Phi) is 3.70. The quantitative estimate of drug-likeness (QED) is 0.839. The molecule has 1 unspecified atom stereocenters. The first-order chi connectivity index (χ1) is 10.6. The standard InChI is InChI=1S/C16H20N2O4/c1-4-9-7-11-15(22-3)17-13-10(16(20)18(11)8-9)5-6-12(21-2)14(13)19/h5-6,8,11,15,17,19H,4,7H2,1-3H3/t11-,15?/m0/s1. The fourth-order valence-corrected chi connectivity index (χ4v) is 3.06. The van der Waals surface area contributed by atoms with E-state index in [1.807, 2.05) is 6.20 Å². The van der Waals surface area contributed by atoms with E-state index in [4.69, 9.17) is 9.47 Å². The number of phenols is 1. The molecular weight excluding hydrogens is 284 g/mol. The Morgan fingerprint density at radius 3 is 2.82 bits per heavy atom. The van der Waals surface area contributed by atoms with Crippen LogP contribution in [0.25, 0.3) is 0 Å². The normalized spacial score (nSPS) is 23.3. The highest BCUT2D eigenvalue weighted by molar-refractivity contribution is 6.03. The molecule has 2 N–H and O–H groups in total. The summed E-state index contributed by atoms with van der Waals surface area (Å²) in [6.45, 7) is 2.07. The van der Waals surface area contributed by atoms with Crippen LogP contribution in [0.2, 0.25) is 0 Å². The van der Waals surface area contributed by atoms with Crippen molar-refractivity contribution < 1.29 is 19.4 Å². The van der Waals surface area contributed by atoms with Crippen molar-refractivity contribution in [2.24, 2.45) is 0 Å². The van der Waals surface area contributed by atoms with Gasteiger partial charge in [-0.2, -0.15) is 0 Å². The van der Waals surface area contributed by atoms with E-state index in [0.29, 0.717) is 17.0 Å². The lowest BCUT2D eigenvalue weighted by Crippen LogP contribution is -2.43. The first kappa shape index (κ1) is 14.7. The van der Waals surface area contributed by atoms with Crippen LogP contribution >= 0.6 is 0 Å². The highest BCUT2D eigenvalue weighted by Crippen LogP contribution is 2.42. The fraction of sp³-hybridized carbons (Fsp3) is 0.438. The number of fused-ring (bicyclic) bond motifs is 2. The van der Waals surface area contributed by atoms with E-state index < -0.39 is 6.23 Å². The lowest BCUT2D eigenvalue weighted by molar-refractivity contribution is 0.0478. The molecule has 6 nitrogen and oxygen atoms in total. The number of anilines is 1. The Morgan fingerprint density at radius 1 is 1.41 bits per heavy atom. The molecule has 2 atom stereocenters. The SMILES string of the molecule is CCC1=CN2C(=O)c3ccc(OC)c(O)c3NC(OC)[C@@H]2C1. The molecule has 1 aromatic rings. The van der Waals surface area contributed by atoms with Gasteiger partial charge in [-0.05, 0) is 25.0 Å². The summed E-state index contributed by atoms with van der Waals surface area (Å²) in [5, 5.41) is 13.5. The average molecular weight is 304 g/mol. The monoisotopic (exact) mass is 304 g/mol. The predicted molar refractivity (Wildman–Crippen MR) is 82.0 cm³/mol. The van der Waals surface area contributed by atoms with Gasteiger partial charge < -0.3 is 24.8 Å². The van der Waals surface area contributed by atoms with Gasteiger partial charge in [0, 0.05) is 13.3 Å². The topological polar surface area (TPSA) is 71.0 Å². The van der Waals surface area contributed by atoms with E-state index in [1.54, 1.807) is 24.1 Å². The van der Waals surface area contributed by atoms with Gasteiger partial charge in [0.05, 0.1) is 24.4 Å². The Bertz CT molecular complexity index is 641. The molecule has 2 heterocycles. The molecule has 0 aromatic heterocycles. The van der Waals surface area contributed by atoms with Crippen LogP contribution in [0, 0.1) is 0 Å². The Labute approximate surface area is 129 Å². The maximum Gasteiger partial charge on any atom is 0.260 e. The third-order valence-corrected chi connectivity index (χ3v) is 4.32. The van der Waals surface area contributed by atoms with Gasteiger partial charge in [0.1, 0.15) is 6.23 Å². The molecule has 3 rings (SSSR count). The summed E-state index contributed by atoms with van der Waals surface area (Å²) in [6, 6.07) is 3.14. The number of amides is 1. The first-order valence-corrected chi connectivity index (χ1v) is 7.32. The Morgan fingerprint density at radius 2 is 2.18 bits per heavy atom. The molecule has 22 heavy (non-hydrogen) atoms. The number of aromatic hydroxyl groups is 1. The van der Waals surface area contributed by atoms with Gasteiger partial charge in [-0.1, -0.05) is 12.5 Å². The number of carbonyl (C=O) groups is 1. The molecule has 0 fully saturated rings. The van der Waals surface area contributed by atoms with Crippen molar-refractivity contribution in [1.29, 1.82) is 0 Å². The second kappa shape index (κ2) is 5.53. The number of nitrogens with one attached hydrogen (secondary N) is 1. The van der Waals surface area contributed by atoms with Gasteiger partial charge in [-0.15, -0.1) is 0 Å². The van der Waals surface area contributed by atoms with Crippen LogP contribution in [0.3, 0.4) is 0 Å². The molecular formula is C16H20N2O4. The summed E-state index contributed by atoms with van der Waals surface area (Å²) in [4.78, 5) is 14.5. The van der Waals surface area contributed by atoms with Crippen molar-refractivity contribution in [3.63, 3.8) is 0 Å². The van der Waals surface area contributed by atoms with Crippen molar-refractivity contribution in [2.45, 2.75) is 32.0 Å². The minimum atomic E-state index is -0.400. The molecule has 0 bridgehead atoms. The van der Waals surface area contributed by atoms with Crippen LogP contribution in [-0.4, -0.2) is 42.4 Å². The van der Waals surface area contributed by atoms with E-state index in [-0.39, 0.29) is 17.7 Å². The van der Waals surface area contributed by atoms with Crippen molar-refractivity contribution in [3.8, 4) is 11.5 Å². The number of ether oxygens (including phenoxy) is 2. The second-order valence-electron chi connectivity index (χ2n) is 5.46. The van der Waals surface area contributed by atoms with Crippen LogP contribution in [0.15, 0.2) is 23.9 Å². The van der Waals surface area contributed by atoms with Crippen LogP contribution in [-0.2, 0) is 4.74 Å². The summed E-state index contributed by atoms with van der Waals surface area (Å²) in [5.74, 6) is 0.102. The van der Waals surface area contributed by atoms with Gasteiger partial charge in [0.2, 0.25) is 0 Å². The number of phenolic OH excluding ortho intramolecular Hbond substituents is 1. The molecule has 0 spiro atoms. The maximum absolute atomic E-state index is 12.8. The van der Waals surface area contributed by atoms with Crippen LogP contribution in [0.4, 0.5) is 5.69 Å². The lowest BCUT2D eigenvalue weighted by Gasteiger charge is -2.27. The highest BCUT2D eigenvalue weighted by atomic mass is 16.5. The van der Waals surface area contributed by atoms with Gasteiger partial charge in [-0.25, -0.2) is 0 Å². The highest BCUT2D eigenvalue weighted by Gasteiger charge is 2.40. The molecule has 1 amide bonds. The van der Waals surface area contributed by atoms with Gasteiger partial charge in [-0.3, -0.25) is 4.79 Å². The van der Waals surface area contributed by atoms with Crippen LogP contribution in [0.1, 0.15) is 30.1 Å². The number of carbonyl (C=O) groups excluding carboxylic acids is 1. The summed E-state index contributed by atoms with van der Waals surface area (Å²) in [6.07, 6.45) is 3.16. The second-order valence-corrected chi connectivity index (χ2v) is 5.46. The Hall–Kier alpha value is -2.21. The smallest absolute Gasteiger partial charge is 0.260 e. The van der Waals surface area contributed by atoms with E-state index in [2.05, 4.69) is 12.2 Å². The number of methoxy groups -OCH3 is 2. The molecule has 118 valence electrons. The van der Waals surface area contributed by atoms with Gasteiger partial charge in [0.25, 0.3) is 5.91 Å². The van der Waals surface area contributed by atoms with Crippen molar-refractivity contribution >= 4 is 11.6 Å². The molecule has 0 aliphatic carbocycles. The zero-order valence-electron chi connectivity index (χ0n) is 12.9. The van der Waals surface area contributed by atoms with Gasteiger partial charge in [0.15, 0.2) is 11.5 Å². The molecule has 2 aliphatic rings. The number of nitrogens with zero attached hydrogens (tertiary/aromatic N) is 1. The lowest BCUT2D eigenvalue weighted by atomic mass is 10.1. The zero-order chi connectivity index (χ0) is 15.9. The summed E-state index contributed by atoms with van der Waals surface area (Å²) < 4.78 is 10.6. The maximum atomic E-state index is 12.8. The summed E-state index contributed by atoms with van der Waals surface area (Å²) in [5.41, 5.74) is 1.98. The molecule has 2 aliphatic heterocycles. The van der Waals surface area contributed by atoms with Crippen molar-refractivity contribution in [3.05, 3.63) is 29.5 Å². The number of hydrogen-bond acceptors (Lipinski definition) is 5. The number of benzene rings is 1. The third-order valence-electron chi connectivity index (χ3n) is 4.32. The van der Waals surface area contributed by atoms with Gasteiger partial charge >= 0.3 is 0 Å². The number of rotatable bonds is 3. The van der Waals surface area contributed by atoms with E-state index in [0.717, 1.165) is 12.8 Å². The summed E-state index contributed by atoms with van der Waals surface area (Å²) >= 11 is 0. The average Bonchev–Trinajstić information content (AvgIpc) is 2.92. The van der Waals surface area contributed by atoms with E-state index >= 15 is 0 Å². The summed E-state index contributed by atoms with van der Waals surface area (Å²) in [7, 11) is 3.06. The fourth-order valence-electron chi connectivity index (χ4n) is 3.06. The molecule has 0 saturated carbocycles. The van der Waals surface area contributed by atoms with Crippen LogP contribution in [0.5, 0.6) is 11.5 Å². The van der Waals surface area contributed by atoms with E-state index in [9.17, 15) is 9.90 Å². The van der Waals surface area contributed by atoms with E-state index in [1.165, 1.54) is 12.7 Å². The van der Waals surface area contributed by atoms with Crippen molar-refractivity contribution in [1.82, 2.24) is 4.90 Å². The zero-order valence-corrected chi connectivity index (χ0v) is 12.9. The largest absolute Gasteiger partial charge is 0.503 e. The molecule has 0 radical (unpaired) electrons. The molecule has 6 heteroatoms.